The van der Waals surface area contributed by atoms with Crippen LogP contribution in [0.5, 0.6) is 0 Å². The quantitative estimate of drug-likeness (QED) is 0.541. The lowest BCUT2D eigenvalue weighted by molar-refractivity contribution is -0.141. The zero-order chi connectivity index (χ0) is 15.8. The summed E-state index contributed by atoms with van der Waals surface area (Å²) in [5.74, 6) is -2.05. The van der Waals surface area contributed by atoms with E-state index >= 15 is 0 Å². The molecule has 7 nitrogen and oxygen atoms in total. The van der Waals surface area contributed by atoms with Crippen molar-refractivity contribution in [3.8, 4) is 0 Å². The van der Waals surface area contributed by atoms with Crippen LogP contribution >= 0.6 is 0 Å². The van der Waals surface area contributed by atoms with Gasteiger partial charge in [-0.3, -0.25) is 9.59 Å². The fraction of sp³-hybridized carbons (Fsp3) is 0.357. The molecule has 1 rings (SSSR count). The molecule has 0 radical (unpaired) electrons. The van der Waals surface area contributed by atoms with Gasteiger partial charge in [-0.25, -0.2) is 4.79 Å². The number of nitrogen functional groups attached to an aromatic ring is 1. The number of anilines is 1. The molecule has 7 heteroatoms. The van der Waals surface area contributed by atoms with Gasteiger partial charge in [0, 0.05) is 11.3 Å². The Morgan fingerprint density at radius 2 is 1.86 bits per heavy atom. The molecule has 0 aliphatic heterocycles. The standard InChI is InChI=1S/C14H19N3O4/c1-2-3-11(14(20)21)17-12(18)8-16-13(19)9-4-6-10(15)7-5-9/h4-7,11H,2-3,8,15H2,1H3,(H,16,19)(H,17,18)(H,20,21). The lowest BCUT2D eigenvalue weighted by Crippen LogP contribution is -2.45. The Hall–Kier alpha value is -2.57. The van der Waals surface area contributed by atoms with Crippen molar-refractivity contribution in [1.82, 2.24) is 10.6 Å². The number of hydrogen-bond donors (Lipinski definition) is 4. The van der Waals surface area contributed by atoms with Gasteiger partial charge in [0.1, 0.15) is 6.04 Å². The van der Waals surface area contributed by atoms with Crippen molar-refractivity contribution in [2.75, 3.05) is 12.3 Å². The number of hydrogen-bond acceptors (Lipinski definition) is 4. The molecule has 0 bridgehead atoms. The smallest absolute Gasteiger partial charge is 0.326 e. The summed E-state index contributed by atoms with van der Waals surface area (Å²) in [6.45, 7) is 1.54. The van der Waals surface area contributed by atoms with Gasteiger partial charge in [0.05, 0.1) is 6.54 Å². The van der Waals surface area contributed by atoms with E-state index in [-0.39, 0.29) is 6.54 Å². The summed E-state index contributed by atoms with van der Waals surface area (Å²) in [6.07, 6.45) is 0.974. The molecule has 1 aromatic carbocycles. The molecule has 1 aromatic rings. The Kier molecular flexibility index (Phi) is 6.19. The maximum Gasteiger partial charge on any atom is 0.326 e. The fourth-order valence-corrected chi connectivity index (χ4v) is 1.69. The first kappa shape index (κ1) is 16.5. The first-order chi connectivity index (χ1) is 9.93. The number of carboxylic acid groups (broad SMARTS) is 1. The minimum absolute atomic E-state index is 0.281. The Morgan fingerprint density at radius 1 is 1.24 bits per heavy atom. The van der Waals surface area contributed by atoms with Crippen LogP contribution in [0.1, 0.15) is 30.1 Å². The van der Waals surface area contributed by atoms with Gasteiger partial charge < -0.3 is 21.5 Å². The zero-order valence-electron chi connectivity index (χ0n) is 11.8. The zero-order valence-corrected chi connectivity index (χ0v) is 11.8. The average Bonchev–Trinajstić information content (AvgIpc) is 2.45. The topological polar surface area (TPSA) is 122 Å². The Morgan fingerprint density at radius 3 is 2.38 bits per heavy atom. The second-order valence-corrected chi connectivity index (χ2v) is 4.55. The summed E-state index contributed by atoms with van der Waals surface area (Å²) in [5.41, 5.74) is 6.42. The molecule has 0 saturated carbocycles. The fourth-order valence-electron chi connectivity index (χ4n) is 1.69. The maximum atomic E-state index is 11.8. The van der Waals surface area contributed by atoms with Gasteiger partial charge in [0.15, 0.2) is 0 Å². The lowest BCUT2D eigenvalue weighted by Gasteiger charge is -2.13. The molecule has 0 fully saturated rings. The number of benzene rings is 1. The summed E-state index contributed by atoms with van der Waals surface area (Å²) in [7, 11) is 0. The van der Waals surface area contributed by atoms with Crippen molar-refractivity contribution in [3.63, 3.8) is 0 Å². The highest BCUT2D eigenvalue weighted by atomic mass is 16.4. The molecule has 0 spiro atoms. The number of rotatable bonds is 7. The van der Waals surface area contributed by atoms with E-state index in [2.05, 4.69) is 10.6 Å². The first-order valence-corrected chi connectivity index (χ1v) is 6.60. The van der Waals surface area contributed by atoms with Crippen LogP contribution in [-0.2, 0) is 9.59 Å². The van der Waals surface area contributed by atoms with Crippen molar-refractivity contribution in [1.29, 1.82) is 0 Å². The maximum absolute atomic E-state index is 11.8. The Bertz CT molecular complexity index is 513. The van der Waals surface area contributed by atoms with Crippen molar-refractivity contribution in [2.24, 2.45) is 0 Å². The highest BCUT2D eigenvalue weighted by Gasteiger charge is 2.18. The average molecular weight is 293 g/mol. The Labute approximate surface area is 122 Å². The third-order valence-corrected chi connectivity index (χ3v) is 2.79. The van der Waals surface area contributed by atoms with Gasteiger partial charge in [-0.15, -0.1) is 0 Å². The van der Waals surface area contributed by atoms with Gasteiger partial charge in [0.2, 0.25) is 5.91 Å². The predicted molar refractivity (Wildman–Crippen MR) is 77.7 cm³/mol. The highest BCUT2D eigenvalue weighted by Crippen LogP contribution is 2.04. The van der Waals surface area contributed by atoms with E-state index < -0.39 is 23.8 Å². The van der Waals surface area contributed by atoms with Crippen molar-refractivity contribution in [2.45, 2.75) is 25.8 Å². The third kappa shape index (κ3) is 5.52. The van der Waals surface area contributed by atoms with Crippen LogP contribution in [0.25, 0.3) is 0 Å². The molecule has 114 valence electrons. The second kappa shape index (κ2) is 7.88. The molecule has 0 aromatic heterocycles. The third-order valence-electron chi connectivity index (χ3n) is 2.79. The molecule has 1 atom stereocenters. The molecule has 5 N–H and O–H groups in total. The molecule has 21 heavy (non-hydrogen) atoms. The van der Waals surface area contributed by atoms with E-state index in [9.17, 15) is 14.4 Å². The molecular formula is C14H19N3O4. The van der Waals surface area contributed by atoms with Crippen LogP contribution in [0.4, 0.5) is 5.69 Å². The van der Waals surface area contributed by atoms with E-state index in [4.69, 9.17) is 10.8 Å². The molecule has 1 unspecified atom stereocenters. The number of carboxylic acids is 1. The highest BCUT2D eigenvalue weighted by molar-refractivity contribution is 5.97. The van der Waals surface area contributed by atoms with Gasteiger partial charge in [-0.05, 0) is 30.7 Å². The van der Waals surface area contributed by atoms with E-state index in [0.717, 1.165) is 0 Å². The van der Waals surface area contributed by atoms with Gasteiger partial charge in [-0.1, -0.05) is 13.3 Å². The van der Waals surface area contributed by atoms with E-state index in [1.165, 1.54) is 0 Å². The summed E-state index contributed by atoms with van der Waals surface area (Å²) in [4.78, 5) is 34.3. The van der Waals surface area contributed by atoms with Crippen LogP contribution in [0.15, 0.2) is 24.3 Å². The number of nitrogens with two attached hydrogens (primary N) is 1. The van der Waals surface area contributed by atoms with Crippen molar-refractivity contribution < 1.29 is 19.5 Å². The molecule has 0 saturated heterocycles. The molecule has 0 heterocycles. The molecule has 2 amide bonds. The molecular weight excluding hydrogens is 274 g/mol. The number of amides is 2. The Balaban J connectivity index is 2.46. The SMILES string of the molecule is CCCC(NC(=O)CNC(=O)c1ccc(N)cc1)C(=O)O. The monoisotopic (exact) mass is 293 g/mol. The number of nitrogens with one attached hydrogen (secondary N) is 2. The normalized spacial score (nSPS) is 11.5. The van der Waals surface area contributed by atoms with Crippen LogP contribution in [0, 0.1) is 0 Å². The van der Waals surface area contributed by atoms with Crippen molar-refractivity contribution in [3.05, 3.63) is 29.8 Å². The predicted octanol–water partition coefficient (Wildman–Crippen LogP) is 0.368. The second-order valence-electron chi connectivity index (χ2n) is 4.55. The van der Waals surface area contributed by atoms with E-state index in [1.54, 1.807) is 24.3 Å². The largest absolute Gasteiger partial charge is 0.480 e. The summed E-state index contributed by atoms with van der Waals surface area (Å²) in [6, 6.07) is 5.31. The summed E-state index contributed by atoms with van der Waals surface area (Å²) in [5, 5.41) is 13.7. The van der Waals surface area contributed by atoms with Gasteiger partial charge in [-0.2, -0.15) is 0 Å². The molecule has 0 aliphatic carbocycles. The van der Waals surface area contributed by atoms with Crippen LogP contribution in [-0.4, -0.2) is 35.5 Å². The number of aliphatic carboxylic acids is 1. The minimum Gasteiger partial charge on any atom is -0.480 e. The molecule has 0 aliphatic rings. The van der Waals surface area contributed by atoms with Crippen LogP contribution < -0.4 is 16.4 Å². The van der Waals surface area contributed by atoms with Gasteiger partial charge in [0.25, 0.3) is 5.91 Å². The number of carbonyl (C=O) groups excluding carboxylic acids is 2. The van der Waals surface area contributed by atoms with Gasteiger partial charge >= 0.3 is 5.97 Å². The van der Waals surface area contributed by atoms with Crippen LogP contribution in [0.3, 0.4) is 0 Å². The summed E-state index contributed by atoms with van der Waals surface area (Å²) < 4.78 is 0. The minimum atomic E-state index is -1.09. The lowest BCUT2D eigenvalue weighted by atomic mass is 10.1. The van der Waals surface area contributed by atoms with E-state index in [0.29, 0.717) is 24.1 Å². The van der Waals surface area contributed by atoms with Crippen molar-refractivity contribution >= 4 is 23.5 Å². The first-order valence-electron chi connectivity index (χ1n) is 6.60. The number of carbonyl (C=O) groups is 3. The van der Waals surface area contributed by atoms with E-state index in [1.807, 2.05) is 6.92 Å². The summed E-state index contributed by atoms with van der Waals surface area (Å²) >= 11 is 0. The van der Waals surface area contributed by atoms with Crippen LogP contribution in [0.2, 0.25) is 0 Å².